The molecule has 0 aliphatic carbocycles. The van der Waals surface area contributed by atoms with Crippen LogP contribution in [0.1, 0.15) is 50.7 Å². The molecule has 1 aromatic carbocycles. The summed E-state index contributed by atoms with van der Waals surface area (Å²) in [4.78, 5) is 0. The number of hydrogen-bond donors (Lipinski definition) is 1. The van der Waals surface area contributed by atoms with Crippen LogP contribution in [0.2, 0.25) is 0 Å². The summed E-state index contributed by atoms with van der Waals surface area (Å²) in [6, 6.07) is 2.82. The Labute approximate surface area is 109 Å². The van der Waals surface area contributed by atoms with Crippen LogP contribution in [0, 0.1) is 18.6 Å². The van der Waals surface area contributed by atoms with E-state index in [1.54, 1.807) is 6.92 Å². The van der Waals surface area contributed by atoms with E-state index in [4.69, 9.17) is 0 Å². The van der Waals surface area contributed by atoms with Gasteiger partial charge in [-0.05, 0) is 49.1 Å². The molecule has 0 spiro atoms. The van der Waals surface area contributed by atoms with E-state index in [-0.39, 0.29) is 23.6 Å². The van der Waals surface area contributed by atoms with Crippen LogP contribution in [-0.4, -0.2) is 12.6 Å². The second-order valence-electron chi connectivity index (χ2n) is 4.86. The predicted molar refractivity (Wildman–Crippen MR) is 71.9 cm³/mol. The van der Waals surface area contributed by atoms with Crippen LogP contribution in [-0.2, 0) is 0 Å². The van der Waals surface area contributed by atoms with Gasteiger partial charge in [-0.2, -0.15) is 0 Å². The predicted octanol–water partition coefficient (Wildman–Crippen LogP) is 4.15. The third kappa shape index (κ3) is 3.52. The number of hydrogen-bond acceptors (Lipinski definition) is 1. The Balaban J connectivity index is 3.00. The summed E-state index contributed by atoms with van der Waals surface area (Å²) in [5, 5.41) is 3.35. The highest BCUT2D eigenvalue weighted by atomic mass is 19.1. The Morgan fingerprint density at radius 2 is 1.83 bits per heavy atom. The summed E-state index contributed by atoms with van der Waals surface area (Å²) in [7, 11) is 0. The number of rotatable bonds is 6. The van der Waals surface area contributed by atoms with Gasteiger partial charge in [0.15, 0.2) is 0 Å². The fourth-order valence-electron chi connectivity index (χ4n) is 2.33. The molecular weight excluding hydrogens is 232 g/mol. The molecule has 0 bridgehead atoms. The first-order valence-corrected chi connectivity index (χ1v) is 6.70. The summed E-state index contributed by atoms with van der Waals surface area (Å²) < 4.78 is 27.5. The zero-order valence-electron chi connectivity index (χ0n) is 11.7. The van der Waals surface area contributed by atoms with Crippen LogP contribution in [0.3, 0.4) is 0 Å². The van der Waals surface area contributed by atoms with E-state index < -0.39 is 0 Å². The molecule has 18 heavy (non-hydrogen) atoms. The van der Waals surface area contributed by atoms with Crippen LogP contribution >= 0.6 is 0 Å². The molecule has 0 aliphatic rings. The average Bonchev–Trinajstić information content (AvgIpc) is 2.33. The Bertz CT molecular complexity index is 384. The minimum Gasteiger partial charge on any atom is -0.314 e. The maximum Gasteiger partial charge on any atom is 0.127 e. The molecule has 0 amide bonds. The summed E-state index contributed by atoms with van der Waals surface area (Å²) in [5.74, 6) is -0.662. The van der Waals surface area contributed by atoms with Crippen LogP contribution in [0.4, 0.5) is 8.78 Å². The second kappa shape index (κ2) is 6.83. The van der Waals surface area contributed by atoms with Gasteiger partial charge in [0.25, 0.3) is 0 Å². The van der Waals surface area contributed by atoms with E-state index in [1.165, 1.54) is 12.1 Å². The van der Waals surface area contributed by atoms with Crippen molar-refractivity contribution in [1.29, 1.82) is 0 Å². The van der Waals surface area contributed by atoms with Crippen molar-refractivity contribution in [3.63, 3.8) is 0 Å². The van der Waals surface area contributed by atoms with E-state index in [1.807, 2.05) is 13.8 Å². The molecule has 1 nitrogen and oxygen atoms in total. The summed E-state index contributed by atoms with van der Waals surface area (Å²) in [5.41, 5.74) is 0.830. The van der Waals surface area contributed by atoms with Gasteiger partial charge in [-0.1, -0.05) is 27.2 Å². The maximum atomic E-state index is 13.9. The molecule has 1 N–H and O–H groups in total. The lowest BCUT2D eigenvalue weighted by molar-refractivity contribution is 0.417. The fourth-order valence-corrected chi connectivity index (χ4v) is 2.33. The third-order valence-corrected chi connectivity index (χ3v) is 3.44. The van der Waals surface area contributed by atoms with Crippen LogP contribution in [0.5, 0.6) is 0 Å². The van der Waals surface area contributed by atoms with E-state index in [0.29, 0.717) is 11.1 Å². The first-order chi connectivity index (χ1) is 8.51. The lowest BCUT2D eigenvalue weighted by Gasteiger charge is -2.25. The van der Waals surface area contributed by atoms with Gasteiger partial charge in [0.1, 0.15) is 11.6 Å². The Hall–Kier alpha value is -0.960. The first kappa shape index (κ1) is 15.1. The fraction of sp³-hybridized carbons (Fsp3) is 0.600. The van der Waals surface area contributed by atoms with Gasteiger partial charge in [-0.3, -0.25) is 0 Å². The highest BCUT2D eigenvalue weighted by Gasteiger charge is 2.21. The van der Waals surface area contributed by atoms with E-state index >= 15 is 0 Å². The quantitative estimate of drug-likeness (QED) is 0.805. The van der Waals surface area contributed by atoms with Crippen molar-refractivity contribution >= 4 is 0 Å². The zero-order valence-corrected chi connectivity index (χ0v) is 11.7. The van der Waals surface area contributed by atoms with Crippen molar-refractivity contribution in [3.8, 4) is 0 Å². The monoisotopic (exact) mass is 255 g/mol. The standard InChI is InChI=1S/C15H23F2N/c1-5-7-15(18-6-2)11(4)12-9-13(16)10(3)8-14(12)17/h8-9,11,15,18H,5-7H2,1-4H3. The number of benzene rings is 1. The lowest BCUT2D eigenvalue weighted by Crippen LogP contribution is -2.34. The van der Waals surface area contributed by atoms with Crippen molar-refractivity contribution < 1.29 is 8.78 Å². The highest BCUT2D eigenvalue weighted by molar-refractivity contribution is 5.28. The van der Waals surface area contributed by atoms with Gasteiger partial charge in [-0.15, -0.1) is 0 Å². The van der Waals surface area contributed by atoms with Crippen LogP contribution in [0.25, 0.3) is 0 Å². The molecular formula is C15H23F2N. The van der Waals surface area contributed by atoms with Crippen LogP contribution in [0.15, 0.2) is 12.1 Å². The minimum absolute atomic E-state index is 0.0278. The lowest BCUT2D eigenvalue weighted by atomic mass is 9.89. The first-order valence-electron chi connectivity index (χ1n) is 6.70. The molecule has 2 unspecified atom stereocenters. The van der Waals surface area contributed by atoms with Crippen molar-refractivity contribution in [1.82, 2.24) is 5.32 Å². The maximum absolute atomic E-state index is 13.9. The zero-order chi connectivity index (χ0) is 13.7. The molecule has 0 radical (unpaired) electrons. The Morgan fingerprint density at radius 1 is 1.17 bits per heavy atom. The molecule has 0 fully saturated rings. The van der Waals surface area contributed by atoms with Crippen molar-refractivity contribution in [2.45, 2.75) is 52.5 Å². The second-order valence-corrected chi connectivity index (χ2v) is 4.86. The molecule has 0 saturated heterocycles. The van der Waals surface area contributed by atoms with E-state index in [0.717, 1.165) is 19.4 Å². The normalized spacial score (nSPS) is 14.6. The van der Waals surface area contributed by atoms with Crippen LogP contribution < -0.4 is 5.32 Å². The SMILES string of the molecule is CCCC(NCC)C(C)c1cc(F)c(C)cc1F. The number of halogens is 2. The van der Waals surface area contributed by atoms with Crippen molar-refractivity contribution in [3.05, 3.63) is 34.9 Å². The van der Waals surface area contributed by atoms with Gasteiger partial charge in [0.2, 0.25) is 0 Å². The smallest absolute Gasteiger partial charge is 0.127 e. The van der Waals surface area contributed by atoms with E-state index in [9.17, 15) is 8.78 Å². The highest BCUT2D eigenvalue weighted by Crippen LogP contribution is 2.26. The molecule has 0 heterocycles. The largest absolute Gasteiger partial charge is 0.314 e. The number of aryl methyl sites for hydroxylation is 1. The average molecular weight is 255 g/mol. The van der Waals surface area contributed by atoms with Gasteiger partial charge in [0.05, 0.1) is 0 Å². The molecule has 1 aromatic rings. The van der Waals surface area contributed by atoms with Crippen molar-refractivity contribution in [2.75, 3.05) is 6.54 Å². The summed E-state index contributed by atoms with van der Waals surface area (Å²) in [6.07, 6.45) is 1.99. The number of nitrogens with one attached hydrogen (secondary N) is 1. The molecule has 102 valence electrons. The minimum atomic E-state index is -0.329. The Kier molecular flexibility index (Phi) is 5.73. The van der Waals surface area contributed by atoms with Gasteiger partial charge >= 0.3 is 0 Å². The van der Waals surface area contributed by atoms with E-state index in [2.05, 4.69) is 12.2 Å². The molecule has 1 rings (SSSR count). The summed E-state index contributed by atoms with van der Waals surface area (Å²) in [6.45, 7) is 8.51. The molecule has 0 saturated carbocycles. The summed E-state index contributed by atoms with van der Waals surface area (Å²) >= 11 is 0. The molecule has 2 atom stereocenters. The third-order valence-electron chi connectivity index (χ3n) is 3.44. The van der Waals surface area contributed by atoms with Crippen molar-refractivity contribution in [2.24, 2.45) is 0 Å². The topological polar surface area (TPSA) is 12.0 Å². The van der Waals surface area contributed by atoms with Gasteiger partial charge in [-0.25, -0.2) is 8.78 Å². The Morgan fingerprint density at radius 3 is 2.39 bits per heavy atom. The van der Waals surface area contributed by atoms with Gasteiger partial charge in [0, 0.05) is 6.04 Å². The molecule has 3 heteroatoms. The number of likely N-dealkylation sites (N-methyl/N-ethyl adjacent to an activating group) is 1. The molecule has 0 aromatic heterocycles. The van der Waals surface area contributed by atoms with Gasteiger partial charge < -0.3 is 5.32 Å². The molecule has 0 aliphatic heterocycles.